The van der Waals surface area contributed by atoms with Gasteiger partial charge in [-0.3, -0.25) is 4.79 Å². The second-order valence-electron chi connectivity index (χ2n) is 6.02. The number of likely N-dealkylation sites (N-methyl/N-ethyl adjacent to an activating group) is 1. The molecule has 0 saturated heterocycles. The first kappa shape index (κ1) is 16.1. The van der Waals surface area contributed by atoms with E-state index in [0.29, 0.717) is 18.4 Å². The fraction of sp³-hybridized carbons (Fsp3) is 0.444. The number of aromatic nitrogens is 1. The molecule has 2 N–H and O–H groups in total. The van der Waals surface area contributed by atoms with E-state index in [9.17, 15) is 4.79 Å². The average Bonchev–Trinajstić information content (AvgIpc) is 3.22. The quantitative estimate of drug-likeness (QED) is 0.857. The van der Waals surface area contributed by atoms with Crippen molar-refractivity contribution in [2.45, 2.75) is 44.2 Å². The lowest BCUT2D eigenvalue weighted by Gasteiger charge is -2.21. The SMILES string of the molecule is CNC(=O)Cc1nc(CN[C@H]2CCC[C@@H]2c2ccccc2)cs1. The van der Waals surface area contributed by atoms with Gasteiger partial charge in [-0.25, -0.2) is 4.98 Å². The van der Waals surface area contributed by atoms with Crippen molar-refractivity contribution in [3.63, 3.8) is 0 Å². The monoisotopic (exact) mass is 329 g/mol. The molecule has 4 nitrogen and oxygen atoms in total. The predicted octanol–water partition coefficient (Wildman–Crippen LogP) is 2.86. The highest BCUT2D eigenvalue weighted by molar-refractivity contribution is 7.09. The summed E-state index contributed by atoms with van der Waals surface area (Å²) in [5.74, 6) is 0.610. The van der Waals surface area contributed by atoms with E-state index in [1.54, 1.807) is 18.4 Å². The maximum atomic E-state index is 11.4. The Morgan fingerprint density at radius 3 is 2.91 bits per heavy atom. The Bertz CT molecular complexity index is 641. The van der Waals surface area contributed by atoms with Crippen molar-refractivity contribution in [2.75, 3.05) is 7.05 Å². The molecule has 5 heteroatoms. The number of carbonyl (C=O) groups excluding carboxylic acids is 1. The molecule has 23 heavy (non-hydrogen) atoms. The molecule has 0 aliphatic heterocycles. The van der Waals surface area contributed by atoms with Crippen LogP contribution in [0.1, 0.15) is 41.4 Å². The van der Waals surface area contributed by atoms with Crippen LogP contribution in [0.5, 0.6) is 0 Å². The number of thiazole rings is 1. The van der Waals surface area contributed by atoms with Crippen LogP contribution in [0.2, 0.25) is 0 Å². The van der Waals surface area contributed by atoms with Gasteiger partial charge >= 0.3 is 0 Å². The molecule has 0 spiro atoms. The Kier molecular flexibility index (Phi) is 5.41. The zero-order valence-electron chi connectivity index (χ0n) is 13.4. The summed E-state index contributed by atoms with van der Waals surface area (Å²) in [6.07, 6.45) is 4.11. The van der Waals surface area contributed by atoms with E-state index >= 15 is 0 Å². The van der Waals surface area contributed by atoms with Crippen LogP contribution in [-0.2, 0) is 17.8 Å². The fourth-order valence-electron chi connectivity index (χ4n) is 3.28. The van der Waals surface area contributed by atoms with Crippen LogP contribution in [0, 0.1) is 0 Å². The zero-order chi connectivity index (χ0) is 16.1. The molecule has 1 aliphatic carbocycles. The minimum Gasteiger partial charge on any atom is -0.359 e. The second-order valence-corrected chi connectivity index (χ2v) is 6.96. The Morgan fingerprint density at radius 2 is 2.13 bits per heavy atom. The predicted molar refractivity (Wildman–Crippen MR) is 93.5 cm³/mol. The van der Waals surface area contributed by atoms with Crippen molar-refractivity contribution in [3.8, 4) is 0 Å². The third kappa shape index (κ3) is 4.18. The van der Waals surface area contributed by atoms with Crippen molar-refractivity contribution in [3.05, 3.63) is 52.0 Å². The largest absolute Gasteiger partial charge is 0.359 e. The number of hydrogen-bond donors (Lipinski definition) is 2. The van der Waals surface area contributed by atoms with Gasteiger partial charge in [0.1, 0.15) is 5.01 Å². The van der Waals surface area contributed by atoms with Gasteiger partial charge in [-0.15, -0.1) is 11.3 Å². The summed E-state index contributed by atoms with van der Waals surface area (Å²) in [6.45, 7) is 0.776. The van der Waals surface area contributed by atoms with E-state index in [-0.39, 0.29) is 5.91 Å². The van der Waals surface area contributed by atoms with Crippen LogP contribution in [0.15, 0.2) is 35.7 Å². The topological polar surface area (TPSA) is 54.0 Å². The molecule has 0 radical (unpaired) electrons. The van der Waals surface area contributed by atoms with Gasteiger partial charge in [0.25, 0.3) is 0 Å². The summed E-state index contributed by atoms with van der Waals surface area (Å²) in [4.78, 5) is 15.9. The molecular weight excluding hydrogens is 306 g/mol. The minimum absolute atomic E-state index is 0.0128. The van der Waals surface area contributed by atoms with Crippen LogP contribution < -0.4 is 10.6 Å². The number of benzene rings is 1. The molecule has 1 fully saturated rings. The van der Waals surface area contributed by atoms with E-state index in [1.165, 1.54) is 24.8 Å². The van der Waals surface area contributed by atoms with E-state index < -0.39 is 0 Å². The zero-order valence-corrected chi connectivity index (χ0v) is 14.2. The summed E-state index contributed by atoms with van der Waals surface area (Å²) in [5.41, 5.74) is 2.47. The van der Waals surface area contributed by atoms with E-state index in [1.807, 2.05) is 0 Å². The molecule has 2 atom stereocenters. The molecule has 0 unspecified atom stereocenters. The summed E-state index contributed by atoms with van der Waals surface area (Å²) >= 11 is 1.56. The molecule has 1 heterocycles. The second kappa shape index (κ2) is 7.70. The van der Waals surface area contributed by atoms with Crippen LogP contribution in [-0.4, -0.2) is 24.0 Å². The molecular formula is C18H23N3OS. The summed E-state index contributed by atoms with van der Waals surface area (Å²) in [6, 6.07) is 11.3. The highest BCUT2D eigenvalue weighted by Crippen LogP contribution is 2.34. The molecule has 1 amide bonds. The molecule has 0 bridgehead atoms. The maximum Gasteiger partial charge on any atom is 0.226 e. The van der Waals surface area contributed by atoms with Crippen LogP contribution in [0.4, 0.5) is 0 Å². The first-order chi connectivity index (χ1) is 11.3. The minimum atomic E-state index is 0.0128. The fourth-order valence-corrected chi connectivity index (χ4v) is 4.07. The number of rotatable bonds is 6. The molecule has 122 valence electrons. The summed E-state index contributed by atoms with van der Waals surface area (Å²) in [5, 5.41) is 9.24. The summed E-state index contributed by atoms with van der Waals surface area (Å²) in [7, 11) is 1.65. The van der Waals surface area contributed by atoms with Gasteiger partial charge in [0.2, 0.25) is 5.91 Å². The Morgan fingerprint density at radius 1 is 1.30 bits per heavy atom. The number of carbonyl (C=O) groups is 1. The van der Waals surface area contributed by atoms with Crippen molar-refractivity contribution in [2.24, 2.45) is 0 Å². The maximum absolute atomic E-state index is 11.4. The molecule has 3 rings (SSSR count). The van der Waals surface area contributed by atoms with Gasteiger partial charge in [-0.05, 0) is 24.3 Å². The van der Waals surface area contributed by atoms with Gasteiger partial charge in [0.15, 0.2) is 0 Å². The number of nitrogens with one attached hydrogen (secondary N) is 2. The smallest absolute Gasteiger partial charge is 0.226 e. The van der Waals surface area contributed by atoms with Crippen molar-refractivity contribution >= 4 is 17.2 Å². The van der Waals surface area contributed by atoms with Gasteiger partial charge < -0.3 is 10.6 Å². The third-order valence-electron chi connectivity index (χ3n) is 4.48. The van der Waals surface area contributed by atoms with Crippen LogP contribution >= 0.6 is 11.3 Å². The molecule has 2 aromatic rings. The van der Waals surface area contributed by atoms with Gasteiger partial charge in [-0.2, -0.15) is 0 Å². The van der Waals surface area contributed by atoms with Crippen LogP contribution in [0.25, 0.3) is 0 Å². The number of hydrogen-bond acceptors (Lipinski definition) is 4. The average molecular weight is 329 g/mol. The highest BCUT2D eigenvalue weighted by atomic mass is 32.1. The Labute approximate surface area is 141 Å². The van der Waals surface area contributed by atoms with Gasteiger partial charge in [-0.1, -0.05) is 36.8 Å². The lowest BCUT2D eigenvalue weighted by molar-refractivity contribution is -0.119. The van der Waals surface area contributed by atoms with Gasteiger partial charge in [0.05, 0.1) is 12.1 Å². The first-order valence-corrected chi connectivity index (χ1v) is 9.06. The van der Waals surface area contributed by atoms with Crippen molar-refractivity contribution in [1.82, 2.24) is 15.6 Å². The highest BCUT2D eigenvalue weighted by Gasteiger charge is 2.28. The number of amides is 1. The van der Waals surface area contributed by atoms with E-state index in [2.05, 4.69) is 51.3 Å². The lowest BCUT2D eigenvalue weighted by Crippen LogP contribution is -2.30. The molecule has 1 aliphatic rings. The molecule has 1 aromatic heterocycles. The molecule has 1 saturated carbocycles. The third-order valence-corrected chi connectivity index (χ3v) is 5.38. The summed E-state index contributed by atoms with van der Waals surface area (Å²) < 4.78 is 0. The van der Waals surface area contributed by atoms with Crippen molar-refractivity contribution in [1.29, 1.82) is 0 Å². The first-order valence-electron chi connectivity index (χ1n) is 8.18. The molecule has 1 aromatic carbocycles. The number of nitrogens with zero attached hydrogens (tertiary/aromatic N) is 1. The van der Waals surface area contributed by atoms with Gasteiger partial charge in [0, 0.05) is 25.0 Å². The Hall–Kier alpha value is -1.72. The van der Waals surface area contributed by atoms with E-state index in [4.69, 9.17) is 0 Å². The van der Waals surface area contributed by atoms with Crippen LogP contribution in [0.3, 0.4) is 0 Å². The Balaban J connectivity index is 1.56. The normalized spacial score (nSPS) is 20.6. The lowest BCUT2D eigenvalue weighted by atomic mass is 9.94. The van der Waals surface area contributed by atoms with Crippen molar-refractivity contribution < 1.29 is 4.79 Å². The van der Waals surface area contributed by atoms with E-state index in [0.717, 1.165) is 17.2 Å². The standard InChI is InChI=1S/C18H23N3OS/c1-19-17(22)10-18-21-14(12-23-18)11-20-16-9-5-8-15(16)13-6-3-2-4-7-13/h2-4,6-7,12,15-16,20H,5,8-11H2,1H3,(H,19,22)/t15-,16+/m1/s1.